The molecule has 0 aliphatic carbocycles. The van der Waals surface area contributed by atoms with Crippen molar-refractivity contribution < 1.29 is 14.3 Å². The second kappa shape index (κ2) is 7.35. The number of nitrogens with one attached hydrogen (secondary N) is 3. The lowest BCUT2D eigenvalue weighted by atomic mass is 9.79. The summed E-state index contributed by atoms with van der Waals surface area (Å²) in [6.45, 7) is 4.17. The molecule has 6 nitrogen and oxygen atoms in total. The number of carbonyl (C=O) groups is 2. The minimum absolute atomic E-state index is 0.0253. The average Bonchev–Trinajstić information content (AvgIpc) is 3.23. The van der Waals surface area contributed by atoms with Crippen LogP contribution >= 0.6 is 11.6 Å². The van der Waals surface area contributed by atoms with Crippen LogP contribution in [-0.2, 0) is 15.1 Å². The molecular weight excluding hydrogens is 390 g/mol. The quantitative estimate of drug-likeness (QED) is 0.712. The van der Waals surface area contributed by atoms with Crippen molar-refractivity contribution in [3.63, 3.8) is 0 Å². The van der Waals surface area contributed by atoms with Gasteiger partial charge in [0.2, 0.25) is 11.8 Å². The summed E-state index contributed by atoms with van der Waals surface area (Å²) in [6, 6.07) is 12.5. The summed E-state index contributed by atoms with van der Waals surface area (Å²) in [7, 11) is 1.59. The molecule has 0 bridgehead atoms. The van der Waals surface area contributed by atoms with Crippen molar-refractivity contribution in [1.82, 2.24) is 5.32 Å². The number of hydrogen-bond donors (Lipinski definition) is 3. The van der Waals surface area contributed by atoms with Crippen LogP contribution in [-0.4, -0.2) is 25.0 Å². The lowest BCUT2D eigenvalue weighted by molar-refractivity contribution is -0.130. The van der Waals surface area contributed by atoms with Gasteiger partial charge in [0.15, 0.2) is 0 Å². The van der Waals surface area contributed by atoms with E-state index in [-0.39, 0.29) is 23.8 Å². The fraction of sp³-hybridized carbons (Fsp3) is 0.364. The van der Waals surface area contributed by atoms with Crippen molar-refractivity contribution in [2.75, 3.05) is 17.7 Å². The van der Waals surface area contributed by atoms with Gasteiger partial charge < -0.3 is 15.4 Å². The highest BCUT2D eigenvalue weighted by molar-refractivity contribution is 6.31. The van der Waals surface area contributed by atoms with E-state index in [1.165, 1.54) is 0 Å². The molecule has 1 saturated heterocycles. The Kier molecular flexibility index (Phi) is 5.00. The number of carbonyl (C=O) groups excluding carboxylic acids is 2. The fourth-order valence-electron chi connectivity index (χ4n) is 4.31. The first kappa shape index (κ1) is 19.7. The van der Waals surface area contributed by atoms with E-state index in [1.807, 2.05) is 0 Å². The van der Waals surface area contributed by atoms with E-state index < -0.39 is 11.5 Å². The number of rotatable bonds is 4. The normalized spacial score (nSPS) is 25.2. The van der Waals surface area contributed by atoms with Gasteiger partial charge in [-0.3, -0.25) is 14.9 Å². The Labute approximate surface area is 175 Å². The van der Waals surface area contributed by atoms with Gasteiger partial charge in [0.05, 0.1) is 13.0 Å². The van der Waals surface area contributed by atoms with Crippen molar-refractivity contribution in [1.29, 1.82) is 0 Å². The minimum atomic E-state index is -1.13. The maximum absolute atomic E-state index is 13.3. The van der Waals surface area contributed by atoms with Crippen LogP contribution in [0.2, 0.25) is 5.02 Å². The average molecular weight is 414 g/mol. The van der Waals surface area contributed by atoms with Gasteiger partial charge in [0.1, 0.15) is 11.3 Å². The molecule has 29 heavy (non-hydrogen) atoms. The fourth-order valence-corrected chi connectivity index (χ4v) is 4.49. The molecule has 3 N–H and O–H groups in total. The number of methoxy groups -OCH3 is 1. The Hall–Kier alpha value is -2.57. The standard InChI is InChI=1S/C22H24ClN3O3/c1-12(2)19-11-17(20(27)24-14-5-7-15(29-3)8-6-14)22(26-19)16-10-13(23)4-9-18(16)25-21(22)28/h4-10,12,17,19,26H,11H2,1-3H3,(H,24,27)(H,25,28). The number of anilines is 2. The summed E-state index contributed by atoms with van der Waals surface area (Å²) in [6.07, 6.45) is 0.555. The van der Waals surface area contributed by atoms with E-state index in [0.29, 0.717) is 28.6 Å². The molecule has 4 rings (SSSR count). The third kappa shape index (κ3) is 3.26. The van der Waals surface area contributed by atoms with Gasteiger partial charge in [-0.1, -0.05) is 25.4 Å². The zero-order valence-electron chi connectivity index (χ0n) is 16.6. The van der Waals surface area contributed by atoms with E-state index in [4.69, 9.17) is 16.3 Å². The van der Waals surface area contributed by atoms with E-state index in [0.717, 1.165) is 5.56 Å². The van der Waals surface area contributed by atoms with Gasteiger partial charge >= 0.3 is 0 Å². The molecule has 0 aromatic heterocycles. The predicted octanol–water partition coefficient (Wildman–Crippen LogP) is 3.77. The van der Waals surface area contributed by atoms with Crippen molar-refractivity contribution in [2.45, 2.75) is 31.8 Å². The smallest absolute Gasteiger partial charge is 0.250 e. The van der Waals surface area contributed by atoms with Crippen LogP contribution in [0.15, 0.2) is 42.5 Å². The zero-order chi connectivity index (χ0) is 20.8. The van der Waals surface area contributed by atoms with Gasteiger partial charge in [-0.2, -0.15) is 0 Å². The monoisotopic (exact) mass is 413 g/mol. The van der Waals surface area contributed by atoms with E-state index in [9.17, 15) is 9.59 Å². The number of amides is 2. The Morgan fingerprint density at radius 1 is 1.24 bits per heavy atom. The second-order valence-electron chi connectivity index (χ2n) is 7.95. The topological polar surface area (TPSA) is 79.5 Å². The minimum Gasteiger partial charge on any atom is -0.497 e. The summed E-state index contributed by atoms with van der Waals surface area (Å²) in [4.78, 5) is 26.5. The molecule has 0 radical (unpaired) electrons. The zero-order valence-corrected chi connectivity index (χ0v) is 17.3. The van der Waals surface area contributed by atoms with Gasteiger partial charge in [-0.25, -0.2) is 0 Å². The number of hydrogen-bond acceptors (Lipinski definition) is 4. The Bertz CT molecular complexity index is 960. The summed E-state index contributed by atoms with van der Waals surface area (Å²) in [5.74, 6) is -0.0133. The third-order valence-electron chi connectivity index (χ3n) is 5.92. The molecule has 3 atom stereocenters. The van der Waals surface area contributed by atoms with Crippen LogP contribution in [0.25, 0.3) is 0 Å². The summed E-state index contributed by atoms with van der Waals surface area (Å²) >= 11 is 6.24. The van der Waals surface area contributed by atoms with E-state index >= 15 is 0 Å². The highest BCUT2D eigenvalue weighted by Gasteiger charge is 2.60. The Balaban J connectivity index is 1.71. The molecule has 2 aromatic carbocycles. The molecule has 7 heteroatoms. The highest BCUT2D eigenvalue weighted by atomic mass is 35.5. The first-order chi connectivity index (χ1) is 13.8. The molecule has 1 fully saturated rings. The van der Waals surface area contributed by atoms with Gasteiger partial charge in [0.25, 0.3) is 0 Å². The molecule has 2 heterocycles. The third-order valence-corrected chi connectivity index (χ3v) is 6.15. The Morgan fingerprint density at radius 2 is 1.97 bits per heavy atom. The van der Waals surface area contributed by atoms with Crippen molar-refractivity contribution in [2.24, 2.45) is 11.8 Å². The molecule has 152 valence electrons. The van der Waals surface area contributed by atoms with Gasteiger partial charge in [-0.15, -0.1) is 0 Å². The molecular formula is C22H24ClN3O3. The number of ether oxygens (including phenoxy) is 1. The predicted molar refractivity (Wildman–Crippen MR) is 113 cm³/mol. The summed E-state index contributed by atoms with van der Waals surface area (Å²) in [5, 5.41) is 9.90. The maximum atomic E-state index is 13.3. The Morgan fingerprint density at radius 3 is 2.62 bits per heavy atom. The summed E-state index contributed by atoms with van der Waals surface area (Å²) in [5.41, 5.74) is 0.946. The molecule has 2 aliphatic heterocycles. The first-order valence-corrected chi connectivity index (χ1v) is 10.1. The van der Waals surface area contributed by atoms with Crippen molar-refractivity contribution in [3.8, 4) is 5.75 Å². The van der Waals surface area contributed by atoms with Crippen molar-refractivity contribution in [3.05, 3.63) is 53.1 Å². The van der Waals surface area contributed by atoms with Crippen LogP contribution in [0.1, 0.15) is 25.8 Å². The van der Waals surface area contributed by atoms with Gasteiger partial charge in [-0.05, 0) is 54.8 Å². The van der Waals surface area contributed by atoms with Crippen LogP contribution < -0.4 is 20.7 Å². The molecule has 3 unspecified atom stereocenters. The van der Waals surface area contributed by atoms with E-state index in [1.54, 1.807) is 49.6 Å². The van der Waals surface area contributed by atoms with Crippen LogP contribution in [0.3, 0.4) is 0 Å². The van der Waals surface area contributed by atoms with Crippen LogP contribution in [0, 0.1) is 11.8 Å². The number of halogens is 1. The van der Waals surface area contributed by atoms with E-state index in [2.05, 4.69) is 29.8 Å². The number of fused-ring (bicyclic) bond motifs is 2. The van der Waals surface area contributed by atoms with Crippen LogP contribution in [0.4, 0.5) is 11.4 Å². The molecule has 1 spiro atoms. The molecule has 2 aromatic rings. The SMILES string of the molecule is COc1ccc(NC(=O)C2CC(C(C)C)NC23C(=O)Nc2ccc(Cl)cc23)cc1. The van der Waals surface area contributed by atoms with Crippen LogP contribution in [0.5, 0.6) is 5.75 Å². The highest BCUT2D eigenvalue weighted by Crippen LogP contribution is 2.48. The lowest BCUT2D eigenvalue weighted by Gasteiger charge is -2.29. The van der Waals surface area contributed by atoms with Crippen molar-refractivity contribution >= 4 is 34.8 Å². The molecule has 0 saturated carbocycles. The first-order valence-electron chi connectivity index (χ1n) is 9.69. The number of benzene rings is 2. The lowest BCUT2D eigenvalue weighted by Crippen LogP contribution is -2.52. The largest absolute Gasteiger partial charge is 0.497 e. The maximum Gasteiger partial charge on any atom is 0.250 e. The molecule has 2 aliphatic rings. The second-order valence-corrected chi connectivity index (χ2v) is 8.39. The molecule has 2 amide bonds. The van der Waals surface area contributed by atoms with Gasteiger partial charge in [0, 0.05) is 28.0 Å². The summed E-state index contributed by atoms with van der Waals surface area (Å²) < 4.78 is 5.17.